The molecule has 0 aliphatic heterocycles. The van der Waals surface area contributed by atoms with Gasteiger partial charge in [0.25, 0.3) is 5.69 Å². The third kappa shape index (κ3) is 8.91. The lowest BCUT2D eigenvalue weighted by atomic mass is 9.96. The number of aromatic hydroxyl groups is 2. The van der Waals surface area contributed by atoms with Crippen molar-refractivity contribution in [1.29, 1.82) is 0 Å². The van der Waals surface area contributed by atoms with Gasteiger partial charge in [-0.3, -0.25) is 14.9 Å². The summed E-state index contributed by atoms with van der Waals surface area (Å²) in [5.74, 6) is -0.459. The van der Waals surface area contributed by atoms with E-state index in [2.05, 4.69) is 20.5 Å². The van der Waals surface area contributed by atoms with Crippen LogP contribution in [0.1, 0.15) is 21.5 Å². The quantitative estimate of drug-likeness (QED) is 0.0515. The molecule has 0 bridgehead atoms. The summed E-state index contributed by atoms with van der Waals surface area (Å²) in [5, 5.41) is 52.2. The number of ketones is 1. The number of halogens is 4. The van der Waals surface area contributed by atoms with E-state index in [4.69, 9.17) is 46.4 Å². The molecular weight excluding hydrogens is 784 g/mol. The molecule has 0 heterocycles. The molecule has 0 saturated heterocycles. The first-order valence-corrected chi connectivity index (χ1v) is 17.9. The Labute approximate surface area is 334 Å². The summed E-state index contributed by atoms with van der Waals surface area (Å²) >= 11 is 24.2. The SMILES string of the molecule is Cc1ccccc1CC(=O)c1cc2ccccc2c(N=Nc2cc(Cl)c(Cl)cc2Cl)c1O.O=[N+]([O-])c1ccc(N=Nc2c(O)ccc3ccccc23)c(Cl)c1. The standard InChI is InChI=1S/C25H17Cl3N2O2.C16H10ClN3O3/c1-14-6-2-3-7-15(14)11-23(31)18-10-16-8-4-5-9-17(16)24(25(18)32)30-29-22-13-20(27)19(26)12-21(22)28;17-13-9-11(20(22)23)6-7-14(13)18-19-16-12-4-2-1-3-10(12)5-8-15(16)21/h2-10,12-13,32H,11H2,1H3;1-9,21H. The van der Waals surface area contributed by atoms with E-state index in [1.165, 1.54) is 36.4 Å². The number of nitro benzene ring substituents is 1. The van der Waals surface area contributed by atoms with Gasteiger partial charge < -0.3 is 10.2 Å². The zero-order chi connectivity index (χ0) is 39.2. The summed E-state index contributed by atoms with van der Waals surface area (Å²) in [6.07, 6.45) is 0.160. The van der Waals surface area contributed by atoms with Crippen molar-refractivity contribution in [2.45, 2.75) is 13.3 Å². The number of aryl methyl sites for hydroxylation is 1. The Morgan fingerprint density at radius 3 is 1.95 bits per heavy atom. The number of nitrogens with zero attached hydrogens (tertiary/aromatic N) is 5. The smallest absolute Gasteiger partial charge is 0.271 e. The molecule has 14 heteroatoms. The lowest BCUT2D eigenvalue weighted by molar-refractivity contribution is -0.384. The monoisotopic (exact) mass is 809 g/mol. The van der Waals surface area contributed by atoms with Crippen LogP contribution in [0.3, 0.4) is 0 Å². The van der Waals surface area contributed by atoms with Gasteiger partial charge in [-0.1, -0.05) is 125 Å². The molecule has 0 aliphatic rings. The van der Waals surface area contributed by atoms with Crippen LogP contribution < -0.4 is 0 Å². The number of benzene rings is 7. The Morgan fingerprint density at radius 1 is 0.636 bits per heavy atom. The molecule has 0 radical (unpaired) electrons. The van der Waals surface area contributed by atoms with Gasteiger partial charge in [-0.25, -0.2) is 0 Å². The van der Waals surface area contributed by atoms with Crippen LogP contribution in [0.2, 0.25) is 20.1 Å². The number of nitro groups is 1. The first kappa shape index (κ1) is 38.8. The number of fused-ring (bicyclic) bond motifs is 2. The van der Waals surface area contributed by atoms with Crippen molar-refractivity contribution in [3.63, 3.8) is 0 Å². The zero-order valence-corrected chi connectivity index (χ0v) is 31.6. The van der Waals surface area contributed by atoms with Gasteiger partial charge in [0.2, 0.25) is 0 Å². The second kappa shape index (κ2) is 17.0. The normalized spacial score (nSPS) is 11.3. The largest absolute Gasteiger partial charge is 0.506 e. The first-order chi connectivity index (χ1) is 26.4. The van der Waals surface area contributed by atoms with E-state index in [1.807, 2.05) is 73.7 Å². The fourth-order valence-corrected chi connectivity index (χ4v) is 6.34. The van der Waals surface area contributed by atoms with E-state index in [-0.39, 0.29) is 61.4 Å². The van der Waals surface area contributed by atoms with E-state index in [1.54, 1.807) is 18.2 Å². The minimum Gasteiger partial charge on any atom is -0.506 e. The van der Waals surface area contributed by atoms with Crippen LogP contribution in [-0.4, -0.2) is 20.9 Å². The van der Waals surface area contributed by atoms with Gasteiger partial charge >= 0.3 is 0 Å². The van der Waals surface area contributed by atoms with Gasteiger partial charge in [0.1, 0.15) is 28.5 Å². The molecule has 7 aromatic carbocycles. The molecule has 0 fully saturated rings. The van der Waals surface area contributed by atoms with E-state index in [0.29, 0.717) is 21.8 Å². The van der Waals surface area contributed by atoms with E-state index < -0.39 is 4.92 Å². The molecule has 0 aliphatic carbocycles. The van der Waals surface area contributed by atoms with E-state index in [9.17, 15) is 25.1 Å². The number of rotatable bonds is 8. The lowest BCUT2D eigenvalue weighted by Crippen LogP contribution is -2.05. The fourth-order valence-electron chi connectivity index (χ4n) is 5.54. The second-order valence-electron chi connectivity index (χ2n) is 12.0. The predicted octanol–water partition coefficient (Wildman–Crippen LogP) is 14.2. The highest BCUT2D eigenvalue weighted by atomic mass is 35.5. The fraction of sp³-hybridized carbons (Fsp3) is 0.0488. The summed E-state index contributed by atoms with van der Waals surface area (Å²) in [4.78, 5) is 23.3. The number of phenolic OH excluding ortho intramolecular Hbond substituents is 2. The van der Waals surface area contributed by atoms with Crippen LogP contribution >= 0.6 is 46.4 Å². The van der Waals surface area contributed by atoms with Crippen LogP contribution in [0, 0.1) is 17.0 Å². The predicted molar refractivity (Wildman–Crippen MR) is 218 cm³/mol. The van der Waals surface area contributed by atoms with Crippen molar-refractivity contribution in [1.82, 2.24) is 0 Å². The van der Waals surface area contributed by atoms with Crippen molar-refractivity contribution in [2.24, 2.45) is 20.5 Å². The zero-order valence-electron chi connectivity index (χ0n) is 28.6. The average molecular weight is 812 g/mol. The average Bonchev–Trinajstić information content (AvgIpc) is 3.17. The summed E-state index contributed by atoms with van der Waals surface area (Å²) in [7, 11) is 0. The lowest BCUT2D eigenvalue weighted by Gasteiger charge is -2.11. The molecule has 0 aromatic heterocycles. The number of phenols is 2. The number of non-ortho nitro benzene ring substituents is 1. The van der Waals surface area contributed by atoms with Gasteiger partial charge in [0.15, 0.2) is 11.5 Å². The highest BCUT2D eigenvalue weighted by molar-refractivity contribution is 6.44. The van der Waals surface area contributed by atoms with Crippen molar-refractivity contribution in [3.8, 4) is 11.5 Å². The molecule has 0 unspecified atom stereocenters. The Balaban J connectivity index is 0.000000197. The van der Waals surface area contributed by atoms with Crippen molar-refractivity contribution >= 4 is 102 Å². The summed E-state index contributed by atoms with van der Waals surface area (Å²) in [6.45, 7) is 1.95. The molecule has 0 saturated carbocycles. The van der Waals surface area contributed by atoms with Crippen molar-refractivity contribution in [3.05, 3.63) is 168 Å². The van der Waals surface area contributed by atoms with E-state index in [0.717, 1.165) is 27.3 Å². The summed E-state index contributed by atoms with van der Waals surface area (Å²) in [5.41, 5.74) is 3.04. The maximum atomic E-state index is 13.1. The molecule has 7 aromatic rings. The first-order valence-electron chi connectivity index (χ1n) is 16.4. The van der Waals surface area contributed by atoms with Crippen LogP contribution in [0.5, 0.6) is 11.5 Å². The van der Waals surface area contributed by atoms with E-state index >= 15 is 0 Å². The maximum absolute atomic E-state index is 13.1. The van der Waals surface area contributed by atoms with Gasteiger partial charge in [-0.05, 0) is 59.2 Å². The summed E-state index contributed by atoms with van der Waals surface area (Å²) < 4.78 is 0. The maximum Gasteiger partial charge on any atom is 0.271 e. The minimum atomic E-state index is -0.538. The van der Waals surface area contributed by atoms with Crippen molar-refractivity contribution < 1.29 is 19.9 Å². The molecule has 274 valence electrons. The third-order valence-corrected chi connectivity index (χ3v) is 9.76. The minimum absolute atomic E-state index is 0.00881. The Bertz CT molecular complexity index is 2690. The number of hydrogen-bond acceptors (Lipinski definition) is 9. The van der Waals surface area contributed by atoms with Crippen LogP contribution in [0.25, 0.3) is 21.5 Å². The number of carbonyl (C=O) groups excluding carboxylic acids is 1. The van der Waals surface area contributed by atoms with Gasteiger partial charge in [0.05, 0.1) is 30.6 Å². The van der Waals surface area contributed by atoms with Gasteiger partial charge in [-0.2, -0.15) is 0 Å². The highest BCUT2D eigenvalue weighted by Crippen LogP contribution is 2.42. The molecule has 0 spiro atoms. The van der Waals surface area contributed by atoms with Crippen LogP contribution in [0.15, 0.2) is 142 Å². The second-order valence-corrected chi connectivity index (χ2v) is 13.7. The number of hydrogen-bond donors (Lipinski definition) is 2. The highest BCUT2D eigenvalue weighted by Gasteiger charge is 2.19. The number of carbonyl (C=O) groups is 1. The molecule has 10 nitrogen and oxygen atoms in total. The topological polar surface area (TPSA) is 150 Å². The Kier molecular flexibility index (Phi) is 12.0. The Hall–Kier alpha value is -5.91. The number of Topliss-reactive ketones (excluding diaryl/α,β-unsaturated/α-hetero) is 1. The Morgan fingerprint density at radius 2 is 1.24 bits per heavy atom. The third-order valence-electron chi connectivity index (χ3n) is 8.43. The van der Waals surface area contributed by atoms with Gasteiger partial charge in [-0.15, -0.1) is 20.5 Å². The number of azo groups is 2. The molecule has 0 atom stereocenters. The molecular formula is C41H27Cl4N5O5. The van der Waals surface area contributed by atoms with Crippen LogP contribution in [-0.2, 0) is 6.42 Å². The van der Waals surface area contributed by atoms with Crippen LogP contribution in [0.4, 0.5) is 28.4 Å². The van der Waals surface area contributed by atoms with Crippen molar-refractivity contribution in [2.75, 3.05) is 0 Å². The molecule has 55 heavy (non-hydrogen) atoms. The molecule has 0 amide bonds. The summed E-state index contributed by atoms with van der Waals surface area (Å²) in [6, 6.07) is 34.3. The molecule has 7 rings (SSSR count). The van der Waals surface area contributed by atoms with Gasteiger partial charge in [0, 0.05) is 29.3 Å². The molecule has 2 N–H and O–H groups in total.